The van der Waals surface area contributed by atoms with Crippen LogP contribution in [-0.2, 0) is 4.79 Å². The van der Waals surface area contributed by atoms with Crippen molar-refractivity contribution in [2.45, 2.75) is 0 Å². The van der Waals surface area contributed by atoms with Gasteiger partial charge < -0.3 is 19.8 Å². The van der Waals surface area contributed by atoms with Crippen LogP contribution in [0.3, 0.4) is 0 Å². The molecule has 2 aliphatic rings. The maximum absolute atomic E-state index is 12.8. The standard InChI is InChI=1S/C23H29N3O.CH2O2/c1-24(2)13-20-21-14-26(15-22(20)21)23(27)17-10-8-16(9-11-17)18-6-5-7-19(12-18)25(3)4;2-1-3/h5-12,20-22H,13-15H2,1-4H3;1H,(H,2,3)/t20?,21-,22+;. The molecule has 3 atom stereocenters. The van der Waals surface area contributed by atoms with Gasteiger partial charge in [0.25, 0.3) is 12.4 Å². The van der Waals surface area contributed by atoms with Gasteiger partial charge in [-0.3, -0.25) is 9.59 Å². The van der Waals surface area contributed by atoms with E-state index >= 15 is 0 Å². The highest BCUT2D eigenvalue weighted by molar-refractivity contribution is 5.95. The lowest BCUT2D eigenvalue weighted by Gasteiger charge is -2.21. The second kappa shape index (κ2) is 9.30. The van der Waals surface area contributed by atoms with Crippen molar-refractivity contribution >= 4 is 18.1 Å². The largest absolute Gasteiger partial charge is 0.483 e. The summed E-state index contributed by atoms with van der Waals surface area (Å²) in [5.74, 6) is 2.39. The van der Waals surface area contributed by atoms with Crippen molar-refractivity contribution in [1.82, 2.24) is 9.80 Å². The molecular weight excluding hydrogens is 378 g/mol. The van der Waals surface area contributed by atoms with Crippen molar-refractivity contribution in [3.8, 4) is 11.1 Å². The van der Waals surface area contributed by atoms with Crippen LogP contribution < -0.4 is 4.90 Å². The monoisotopic (exact) mass is 409 g/mol. The van der Waals surface area contributed by atoms with E-state index in [1.54, 1.807) is 0 Å². The number of hydrogen-bond donors (Lipinski definition) is 1. The third-order valence-electron chi connectivity index (χ3n) is 6.06. The molecule has 0 radical (unpaired) electrons. The van der Waals surface area contributed by atoms with Crippen LogP contribution in [0.4, 0.5) is 5.69 Å². The Kier molecular flexibility index (Phi) is 6.77. The van der Waals surface area contributed by atoms with Gasteiger partial charge in [-0.05, 0) is 67.2 Å². The van der Waals surface area contributed by atoms with Gasteiger partial charge in [0, 0.05) is 45.0 Å². The fourth-order valence-corrected chi connectivity index (χ4v) is 4.46. The van der Waals surface area contributed by atoms with Crippen LogP contribution in [0.25, 0.3) is 11.1 Å². The van der Waals surface area contributed by atoms with Gasteiger partial charge >= 0.3 is 0 Å². The van der Waals surface area contributed by atoms with Gasteiger partial charge in [-0.15, -0.1) is 0 Å². The molecule has 1 saturated heterocycles. The van der Waals surface area contributed by atoms with Gasteiger partial charge in [0.2, 0.25) is 0 Å². The van der Waals surface area contributed by atoms with Crippen LogP contribution in [0.5, 0.6) is 0 Å². The molecule has 2 fully saturated rings. The summed E-state index contributed by atoms with van der Waals surface area (Å²) in [7, 11) is 8.36. The molecule has 0 spiro atoms. The first-order valence-corrected chi connectivity index (χ1v) is 10.3. The Bertz CT molecular complexity index is 868. The van der Waals surface area contributed by atoms with Crippen molar-refractivity contribution in [2.75, 3.05) is 52.7 Å². The van der Waals surface area contributed by atoms with Crippen molar-refractivity contribution in [1.29, 1.82) is 0 Å². The fourth-order valence-electron chi connectivity index (χ4n) is 4.46. The minimum absolute atomic E-state index is 0.180. The molecule has 0 aromatic heterocycles. The molecule has 6 nitrogen and oxygen atoms in total. The Morgan fingerprint density at radius 1 is 1.03 bits per heavy atom. The number of nitrogens with zero attached hydrogens (tertiary/aromatic N) is 3. The van der Waals surface area contributed by atoms with Crippen LogP contribution in [-0.4, -0.2) is 75.1 Å². The third-order valence-corrected chi connectivity index (χ3v) is 6.06. The molecule has 1 unspecified atom stereocenters. The number of benzene rings is 2. The zero-order valence-electron chi connectivity index (χ0n) is 18.2. The predicted octanol–water partition coefficient (Wildman–Crippen LogP) is 3.00. The van der Waals surface area contributed by atoms with E-state index in [9.17, 15) is 4.79 Å². The van der Waals surface area contributed by atoms with Gasteiger partial charge in [-0.25, -0.2) is 0 Å². The predicted molar refractivity (Wildman–Crippen MR) is 120 cm³/mol. The second-order valence-corrected chi connectivity index (χ2v) is 8.59. The highest BCUT2D eigenvalue weighted by Crippen LogP contribution is 2.52. The Labute approximate surface area is 178 Å². The average Bonchev–Trinajstić information content (AvgIpc) is 3.15. The number of hydrogen-bond acceptors (Lipinski definition) is 4. The number of carbonyl (C=O) groups is 2. The van der Waals surface area contributed by atoms with Gasteiger partial charge in [-0.1, -0.05) is 24.3 Å². The molecule has 1 amide bonds. The maximum Gasteiger partial charge on any atom is 0.290 e. The number of carboxylic acid groups (broad SMARTS) is 1. The van der Waals surface area contributed by atoms with Crippen molar-refractivity contribution in [3.05, 3.63) is 54.1 Å². The van der Waals surface area contributed by atoms with E-state index in [1.165, 1.54) is 11.3 Å². The average molecular weight is 410 g/mol. The quantitative estimate of drug-likeness (QED) is 0.769. The van der Waals surface area contributed by atoms with Crippen molar-refractivity contribution in [3.63, 3.8) is 0 Å². The van der Waals surface area contributed by atoms with E-state index in [4.69, 9.17) is 9.90 Å². The number of fused-ring (bicyclic) bond motifs is 1. The number of piperidine rings is 1. The zero-order chi connectivity index (χ0) is 21.8. The normalized spacial score (nSPS) is 21.5. The van der Waals surface area contributed by atoms with E-state index in [0.717, 1.165) is 36.7 Å². The smallest absolute Gasteiger partial charge is 0.290 e. The van der Waals surface area contributed by atoms with Gasteiger partial charge in [0.05, 0.1) is 0 Å². The van der Waals surface area contributed by atoms with Gasteiger partial charge in [0.1, 0.15) is 0 Å². The summed E-state index contributed by atoms with van der Waals surface area (Å²) in [5.41, 5.74) is 4.30. The topological polar surface area (TPSA) is 64.1 Å². The number of amides is 1. The molecule has 1 aliphatic heterocycles. The number of carbonyl (C=O) groups excluding carboxylic acids is 1. The van der Waals surface area contributed by atoms with Crippen LogP contribution in [0, 0.1) is 17.8 Å². The molecule has 1 N–H and O–H groups in total. The minimum Gasteiger partial charge on any atom is -0.483 e. The van der Waals surface area contributed by atoms with Crippen LogP contribution >= 0.6 is 0 Å². The number of anilines is 1. The highest BCUT2D eigenvalue weighted by atomic mass is 16.3. The molecule has 2 aromatic carbocycles. The Morgan fingerprint density at radius 3 is 2.17 bits per heavy atom. The number of likely N-dealkylation sites (tertiary alicyclic amines) is 1. The molecule has 4 rings (SSSR count). The van der Waals surface area contributed by atoms with Gasteiger partial charge in [-0.2, -0.15) is 0 Å². The molecule has 30 heavy (non-hydrogen) atoms. The van der Waals surface area contributed by atoms with Crippen molar-refractivity contribution in [2.24, 2.45) is 17.8 Å². The maximum atomic E-state index is 12.8. The highest BCUT2D eigenvalue weighted by Gasteiger charge is 2.56. The molecule has 2 aromatic rings. The Hall–Kier alpha value is -2.86. The third kappa shape index (κ3) is 4.82. The SMILES string of the molecule is CN(C)CC1[C@H]2CN(C(=O)c3ccc(-c4cccc(N(C)C)c4)cc3)C[C@@H]12.O=CO. The van der Waals surface area contributed by atoms with Crippen LogP contribution in [0.15, 0.2) is 48.5 Å². The summed E-state index contributed by atoms with van der Waals surface area (Å²) in [6.07, 6.45) is 0. The summed E-state index contributed by atoms with van der Waals surface area (Å²) in [6.45, 7) is 2.75. The molecule has 1 saturated carbocycles. The molecular formula is C24H31N3O3. The van der Waals surface area contributed by atoms with Gasteiger partial charge in [0.15, 0.2) is 0 Å². The first-order valence-electron chi connectivity index (χ1n) is 10.3. The van der Waals surface area contributed by atoms with E-state index in [0.29, 0.717) is 11.8 Å². The minimum atomic E-state index is -0.250. The number of rotatable bonds is 5. The summed E-state index contributed by atoms with van der Waals surface area (Å²) < 4.78 is 0. The summed E-state index contributed by atoms with van der Waals surface area (Å²) in [5, 5.41) is 6.89. The lowest BCUT2D eigenvalue weighted by atomic mass is 10.0. The van der Waals surface area contributed by atoms with E-state index in [-0.39, 0.29) is 12.4 Å². The lowest BCUT2D eigenvalue weighted by molar-refractivity contribution is -0.122. The second-order valence-electron chi connectivity index (χ2n) is 8.59. The summed E-state index contributed by atoms with van der Waals surface area (Å²) in [4.78, 5) is 27.6. The Morgan fingerprint density at radius 2 is 1.63 bits per heavy atom. The van der Waals surface area contributed by atoms with Crippen molar-refractivity contribution < 1.29 is 14.7 Å². The first kappa shape index (κ1) is 21.8. The summed E-state index contributed by atoms with van der Waals surface area (Å²) >= 11 is 0. The summed E-state index contributed by atoms with van der Waals surface area (Å²) in [6, 6.07) is 16.5. The molecule has 6 heteroatoms. The molecule has 0 bridgehead atoms. The van der Waals surface area contributed by atoms with Crippen LogP contribution in [0.1, 0.15) is 10.4 Å². The van der Waals surface area contributed by atoms with E-state index < -0.39 is 0 Å². The fraction of sp³-hybridized carbons (Fsp3) is 0.417. The van der Waals surface area contributed by atoms with E-state index in [2.05, 4.69) is 60.3 Å². The lowest BCUT2D eigenvalue weighted by Crippen LogP contribution is -2.33. The van der Waals surface area contributed by atoms with Crippen LogP contribution in [0.2, 0.25) is 0 Å². The molecule has 160 valence electrons. The molecule has 1 aliphatic carbocycles. The first-order chi connectivity index (χ1) is 14.3. The molecule has 1 heterocycles. The van der Waals surface area contributed by atoms with E-state index in [1.807, 2.05) is 31.1 Å². The Balaban J connectivity index is 0.000000806. The zero-order valence-corrected chi connectivity index (χ0v) is 18.2.